The molecule has 4 rings (SSSR count). The zero-order valence-electron chi connectivity index (χ0n) is 16.7. The molecule has 32 heavy (non-hydrogen) atoms. The summed E-state index contributed by atoms with van der Waals surface area (Å²) in [6, 6.07) is 14.7. The molecule has 0 spiro atoms. The fraction of sp³-hybridized carbons (Fsp3) is 0.0455. The Morgan fingerprint density at radius 1 is 0.938 bits per heavy atom. The van der Waals surface area contributed by atoms with Crippen molar-refractivity contribution in [1.29, 1.82) is 0 Å². The van der Waals surface area contributed by atoms with Crippen LogP contribution in [0, 0.1) is 6.92 Å². The number of aryl methyl sites for hydroxylation is 1. The van der Waals surface area contributed by atoms with E-state index < -0.39 is 27.9 Å². The van der Waals surface area contributed by atoms with Crippen LogP contribution >= 0.6 is 0 Å². The van der Waals surface area contributed by atoms with Crippen LogP contribution in [0.25, 0.3) is 17.4 Å². The van der Waals surface area contributed by atoms with Gasteiger partial charge < -0.3 is 4.42 Å². The first-order valence-electron chi connectivity index (χ1n) is 9.35. The van der Waals surface area contributed by atoms with Gasteiger partial charge in [0, 0.05) is 5.56 Å². The molecule has 0 saturated carbocycles. The van der Waals surface area contributed by atoms with Crippen LogP contribution in [0.1, 0.15) is 11.3 Å². The van der Waals surface area contributed by atoms with Crippen molar-refractivity contribution in [3.8, 4) is 11.3 Å². The van der Waals surface area contributed by atoms with Gasteiger partial charge in [-0.25, -0.2) is 23.3 Å². The minimum absolute atomic E-state index is 0.0412. The number of hydrogen-bond donors (Lipinski definition) is 2. The standard InChI is InChI=1S/C22H17N3O6S/c1-13-2-6-15(7-3-13)25-21(27)18(20(26)24-22(25)28)12-16-8-11-19(31-16)14-4-9-17(10-5-14)32(23,29)30/h2-12H,1H3,(H2,23,29,30)(H,24,26,28). The molecular formula is C22H17N3O6S. The van der Waals surface area contributed by atoms with E-state index in [2.05, 4.69) is 5.32 Å². The van der Waals surface area contributed by atoms with Crippen molar-refractivity contribution in [1.82, 2.24) is 5.32 Å². The molecule has 9 nitrogen and oxygen atoms in total. The minimum Gasteiger partial charge on any atom is -0.457 e. The molecule has 0 bridgehead atoms. The Balaban J connectivity index is 1.64. The summed E-state index contributed by atoms with van der Waals surface area (Å²) < 4.78 is 28.5. The van der Waals surface area contributed by atoms with Gasteiger partial charge >= 0.3 is 6.03 Å². The van der Waals surface area contributed by atoms with E-state index in [9.17, 15) is 22.8 Å². The van der Waals surface area contributed by atoms with Crippen molar-refractivity contribution in [3.63, 3.8) is 0 Å². The van der Waals surface area contributed by atoms with E-state index in [0.717, 1.165) is 10.5 Å². The molecule has 0 unspecified atom stereocenters. The lowest BCUT2D eigenvalue weighted by molar-refractivity contribution is -0.122. The van der Waals surface area contributed by atoms with Gasteiger partial charge in [0.25, 0.3) is 11.8 Å². The number of nitrogens with one attached hydrogen (secondary N) is 1. The predicted molar refractivity (Wildman–Crippen MR) is 116 cm³/mol. The Kier molecular flexibility index (Phi) is 5.25. The zero-order valence-corrected chi connectivity index (χ0v) is 17.5. The predicted octanol–water partition coefficient (Wildman–Crippen LogP) is 2.57. The van der Waals surface area contributed by atoms with Crippen LogP contribution in [0.4, 0.5) is 10.5 Å². The number of carbonyl (C=O) groups is 3. The number of imide groups is 2. The number of rotatable bonds is 4. The Morgan fingerprint density at radius 2 is 1.59 bits per heavy atom. The van der Waals surface area contributed by atoms with Gasteiger partial charge in [0.05, 0.1) is 10.6 Å². The van der Waals surface area contributed by atoms with E-state index in [4.69, 9.17) is 9.56 Å². The second-order valence-corrected chi connectivity index (χ2v) is 8.63. The molecular weight excluding hydrogens is 434 g/mol. The summed E-state index contributed by atoms with van der Waals surface area (Å²) >= 11 is 0. The highest BCUT2D eigenvalue weighted by molar-refractivity contribution is 7.89. The Labute approximate surface area is 183 Å². The molecule has 4 amide bonds. The van der Waals surface area contributed by atoms with Crippen LogP contribution in [0.5, 0.6) is 0 Å². The molecule has 2 aromatic carbocycles. The number of hydrogen-bond acceptors (Lipinski definition) is 6. The quantitative estimate of drug-likeness (QED) is 0.462. The number of nitrogens with two attached hydrogens (primary N) is 1. The highest BCUT2D eigenvalue weighted by Crippen LogP contribution is 2.26. The van der Waals surface area contributed by atoms with Crippen molar-refractivity contribution < 1.29 is 27.2 Å². The van der Waals surface area contributed by atoms with Crippen molar-refractivity contribution in [2.45, 2.75) is 11.8 Å². The van der Waals surface area contributed by atoms with Gasteiger partial charge in [-0.15, -0.1) is 0 Å². The van der Waals surface area contributed by atoms with Crippen molar-refractivity contribution in [2.75, 3.05) is 4.90 Å². The number of amides is 4. The van der Waals surface area contributed by atoms with Gasteiger partial charge in [-0.05, 0) is 61.5 Å². The Bertz CT molecular complexity index is 1370. The van der Waals surface area contributed by atoms with E-state index in [1.807, 2.05) is 6.92 Å². The second kappa shape index (κ2) is 7.91. The van der Waals surface area contributed by atoms with Gasteiger partial charge in [0.2, 0.25) is 10.0 Å². The maximum Gasteiger partial charge on any atom is 0.335 e. The van der Waals surface area contributed by atoms with Crippen LogP contribution in [0.2, 0.25) is 0 Å². The third kappa shape index (κ3) is 4.09. The monoisotopic (exact) mass is 451 g/mol. The third-order valence-electron chi connectivity index (χ3n) is 4.77. The van der Waals surface area contributed by atoms with Gasteiger partial charge in [0.1, 0.15) is 17.1 Å². The van der Waals surface area contributed by atoms with Crippen LogP contribution in [0.15, 0.2) is 75.5 Å². The number of urea groups is 1. The summed E-state index contributed by atoms with van der Waals surface area (Å²) in [5.41, 5.74) is 1.57. The number of carbonyl (C=O) groups excluding carboxylic acids is 3. The van der Waals surface area contributed by atoms with Crippen LogP contribution < -0.4 is 15.4 Å². The molecule has 1 aliphatic heterocycles. The normalized spacial score (nSPS) is 15.9. The highest BCUT2D eigenvalue weighted by Gasteiger charge is 2.37. The Hall–Kier alpha value is -4.02. The molecule has 1 aromatic heterocycles. The van der Waals surface area contributed by atoms with Crippen molar-refractivity contribution in [2.24, 2.45) is 5.14 Å². The number of nitrogens with zero attached hydrogens (tertiary/aromatic N) is 1. The SMILES string of the molecule is Cc1ccc(N2C(=O)NC(=O)C(=Cc3ccc(-c4ccc(S(N)(=O)=O)cc4)o3)C2=O)cc1. The van der Waals surface area contributed by atoms with Gasteiger partial charge in [-0.2, -0.15) is 0 Å². The molecule has 0 atom stereocenters. The third-order valence-corrected chi connectivity index (χ3v) is 5.70. The fourth-order valence-electron chi connectivity index (χ4n) is 3.12. The maximum absolute atomic E-state index is 12.9. The fourth-order valence-corrected chi connectivity index (χ4v) is 3.64. The highest BCUT2D eigenvalue weighted by atomic mass is 32.2. The summed E-state index contributed by atoms with van der Waals surface area (Å²) in [6.45, 7) is 1.87. The lowest BCUT2D eigenvalue weighted by Gasteiger charge is -2.26. The number of benzene rings is 2. The largest absolute Gasteiger partial charge is 0.457 e. The van der Waals surface area contributed by atoms with Gasteiger partial charge in [-0.1, -0.05) is 17.7 Å². The van der Waals surface area contributed by atoms with Crippen LogP contribution in [0.3, 0.4) is 0 Å². The molecule has 0 aliphatic carbocycles. The Morgan fingerprint density at radius 3 is 2.22 bits per heavy atom. The number of primary sulfonamides is 1. The zero-order chi connectivity index (χ0) is 23.0. The van der Waals surface area contributed by atoms with E-state index in [0.29, 0.717) is 17.0 Å². The molecule has 3 aromatic rings. The smallest absolute Gasteiger partial charge is 0.335 e. The number of anilines is 1. The lowest BCUT2D eigenvalue weighted by Crippen LogP contribution is -2.54. The summed E-state index contributed by atoms with van der Waals surface area (Å²) in [6.07, 6.45) is 1.24. The summed E-state index contributed by atoms with van der Waals surface area (Å²) in [7, 11) is -3.82. The van der Waals surface area contributed by atoms with Gasteiger partial charge in [0.15, 0.2) is 0 Å². The van der Waals surface area contributed by atoms with E-state index in [-0.39, 0.29) is 16.2 Å². The average molecular weight is 451 g/mol. The van der Waals surface area contributed by atoms with Crippen molar-refractivity contribution in [3.05, 3.63) is 77.6 Å². The summed E-state index contributed by atoms with van der Waals surface area (Å²) in [5.74, 6) is -1.03. The molecule has 1 fully saturated rings. The molecule has 10 heteroatoms. The number of barbiturate groups is 1. The summed E-state index contributed by atoms with van der Waals surface area (Å²) in [4.78, 5) is 38.3. The van der Waals surface area contributed by atoms with E-state index >= 15 is 0 Å². The molecule has 1 aliphatic rings. The molecule has 162 valence electrons. The molecule has 3 N–H and O–H groups in total. The first-order valence-corrected chi connectivity index (χ1v) is 10.9. The molecule has 0 radical (unpaired) electrons. The second-order valence-electron chi connectivity index (χ2n) is 7.06. The topological polar surface area (TPSA) is 140 Å². The molecule has 1 saturated heterocycles. The first-order chi connectivity index (χ1) is 15.1. The van der Waals surface area contributed by atoms with Gasteiger partial charge in [-0.3, -0.25) is 14.9 Å². The van der Waals surface area contributed by atoms with Crippen LogP contribution in [-0.2, 0) is 19.6 Å². The number of sulfonamides is 1. The number of furan rings is 1. The molecule has 2 heterocycles. The van der Waals surface area contributed by atoms with E-state index in [1.165, 1.54) is 30.3 Å². The lowest BCUT2D eigenvalue weighted by atomic mass is 10.1. The van der Waals surface area contributed by atoms with Crippen molar-refractivity contribution >= 4 is 39.6 Å². The summed E-state index contributed by atoms with van der Waals surface area (Å²) in [5, 5.41) is 7.24. The van der Waals surface area contributed by atoms with Crippen LogP contribution in [-0.4, -0.2) is 26.3 Å². The first kappa shape index (κ1) is 21.2. The maximum atomic E-state index is 12.9. The van der Waals surface area contributed by atoms with E-state index in [1.54, 1.807) is 36.4 Å². The average Bonchev–Trinajstić information content (AvgIpc) is 3.20. The minimum atomic E-state index is -3.82.